The number of likely N-dealkylation sites (N-methyl/N-ethyl adjacent to an activating group) is 1. The molecule has 0 unspecified atom stereocenters. The van der Waals surface area contributed by atoms with Crippen LogP contribution in [0.15, 0.2) is 0 Å². The molecule has 0 aromatic rings. The summed E-state index contributed by atoms with van der Waals surface area (Å²) in [7, 11) is -0.221. The second kappa shape index (κ2) is 2.98. The average Bonchev–Trinajstić information content (AvgIpc) is 1.79. The number of carboxylic acids is 1. The van der Waals surface area contributed by atoms with E-state index in [1.54, 1.807) is 0 Å². The summed E-state index contributed by atoms with van der Waals surface area (Å²) in [5.41, 5.74) is -1.34. The van der Waals surface area contributed by atoms with E-state index in [1.165, 1.54) is 13.8 Å². The minimum Gasteiger partial charge on any atom is -0.480 e. The first-order chi connectivity index (χ1) is 4.89. The largest absolute Gasteiger partial charge is 0.480 e. The first-order valence-electron chi connectivity index (χ1n) is 3.58. The van der Waals surface area contributed by atoms with Gasteiger partial charge in [0.05, 0.1) is 5.60 Å². The Hall–Kier alpha value is -0.610. The maximum Gasteiger partial charge on any atom is 0.323 e. The first-order valence-corrected chi connectivity index (χ1v) is 2.87. The maximum absolute atomic E-state index is 10.4. The number of hydrogen-bond acceptors (Lipinski definition) is 3. The van der Waals surface area contributed by atoms with E-state index in [-0.39, 0.29) is 7.02 Å². The predicted octanol–water partition coefficient (Wildman–Crippen LogP) is -0.570. The summed E-state index contributed by atoms with van der Waals surface area (Å²) in [6.45, 7) is 2.77. The molecule has 0 radical (unpaired) electrons. The van der Waals surface area contributed by atoms with Crippen molar-refractivity contribution in [1.29, 1.82) is 0 Å². The molecule has 0 bridgehead atoms. The molecule has 3 N–H and O–H groups in total. The van der Waals surface area contributed by atoms with Gasteiger partial charge in [-0.15, -0.1) is 0 Å². The summed E-state index contributed by atoms with van der Waals surface area (Å²) < 4.78 is 6.72. The highest BCUT2D eigenvalue weighted by molar-refractivity contribution is 5.74. The van der Waals surface area contributed by atoms with E-state index in [0.717, 1.165) is 0 Å². The van der Waals surface area contributed by atoms with Crippen LogP contribution in [0.5, 0.6) is 0 Å². The number of nitrogens with one attached hydrogen (secondary N) is 1. The van der Waals surface area contributed by atoms with E-state index in [1.807, 2.05) is 0 Å². The fraction of sp³-hybridized carbons (Fsp3) is 0.833. The monoisotopic (exact) mass is 148 g/mol. The van der Waals surface area contributed by atoms with E-state index >= 15 is 0 Å². The quantitative estimate of drug-likeness (QED) is 0.501. The van der Waals surface area contributed by atoms with E-state index in [4.69, 9.17) is 6.48 Å². The number of aliphatic carboxylic acids is 1. The Morgan fingerprint density at radius 2 is 2.30 bits per heavy atom. The Morgan fingerprint density at radius 3 is 2.40 bits per heavy atom. The molecule has 4 heteroatoms. The third-order valence-corrected chi connectivity index (χ3v) is 1.16. The van der Waals surface area contributed by atoms with Crippen molar-refractivity contribution in [2.45, 2.75) is 25.5 Å². The van der Waals surface area contributed by atoms with Gasteiger partial charge in [-0.1, -0.05) is 0 Å². The third kappa shape index (κ3) is 2.33. The van der Waals surface area contributed by atoms with Crippen LogP contribution in [0, 0.1) is 0 Å². The topological polar surface area (TPSA) is 69.6 Å². The van der Waals surface area contributed by atoms with Gasteiger partial charge in [-0.2, -0.15) is 0 Å². The maximum atomic E-state index is 10.4. The van der Waals surface area contributed by atoms with Crippen molar-refractivity contribution in [3.63, 3.8) is 0 Å². The van der Waals surface area contributed by atoms with E-state index in [0.29, 0.717) is 0 Å². The van der Waals surface area contributed by atoms with Crippen LogP contribution in [-0.4, -0.2) is 34.8 Å². The zero-order chi connectivity index (χ0) is 9.07. The van der Waals surface area contributed by atoms with Gasteiger partial charge in [-0.05, 0) is 20.9 Å². The summed E-state index contributed by atoms with van der Waals surface area (Å²) in [5.74, 6) is -1.15. The molecule has 0 aliphatic rings. The lowest BCUT2D eigenvalue weighted by Crippen LogP contribution is -2.50. The van der Waals surface area contributed by atoms with Crippen molar-refractivity contribution in [2.24, 2.45) is 0 Å². The molecular formula is C6H13NO3. The molecule has 0 spiro atoms. The normalized spacial score (nSPS) is 16.1. The lowest BCUT2D eigenvalue weighted by Gasteiger charge is -2.24. The molecule has 1 atom stereocenters. The van der Waals surface area contributed by atoms with Gasteiger partial charge in [0.15, 0.2) is 0 Å². The Bertz CT molecular complexity index is 143. The standard InChI is InChI=1S/C6H13NO3/c1-6(2,10)4(7-3)5(8)9/h4,7,10H,1-3H3,(H,8,9)/t4-/m1/s1/i3D. The lowest BCUT2D eigenvalue weighted by atomic mass is 10.00. The molecule has 0 saturated heterocycles. The highest BCUT2D eigenvalue weighted by Gasteiger charge is 2.31. The molecule has 10 heavy (non-hydrogen) atoms. The van der Waals surface area contributed by atoms with Gasteiger partial charge in [0.2, 0.25) is 0 Å². The Kier molecular flexibility index (Phi) is 2.24. The van der Waals surface area contributed by atoms with Crippen LogP contribution in [0.25, 0.3) is 0 Å². The van der Waals surface area contributed by atoms with Crippen LogP contribution in [0.1, 0.15) is 15.2 Å². The lowest BCUT2D eigenvalue weighted by molar-refractivity contribution is -0.145. The second-order valence-electron chi connectivity index (χ2n) is 2.63. The number of carbonyl (C=O) groups is 1. The zero-order valence-electron chi connectivity index (χ0n) is 7.09. The molecule has 0 aromatic carbocycles. The fourth-order valence-electron chi connectivity index (χ4n) is 0.639. The van der Waals surface area contributed by atoms with E-state index in [9.17, 15) is 9.90 Å². The molecule has 0 aromatic heterocycles. The van der Waals surface area contributed by atoms with Crippen LogP contribution in [0.2, 0.25) is 0 Å². The summed E-state index contributed by atoms with van der Waals surface area (Å²) in [5, 5.41) is 20.1. The van der Waals surface area contributed by atoms with Gasteiger partial charge in [0.1, 0.15) is 6.04 Å². The average molecular weight is 148 g/mol. The van der Waals surface area contributed by atoms with Gasteiger partial charge in [0, 0.05) is 1.37 Å². The van der Waals surface area contributed by atoms with Crippen molar-refractivity contribution in [3.8, 4) is 0 Å². The minimum absolute atomic E-state index is 0.221. The molecule has 0 aliphatic heterocycles. The molecular weight excluding hydrogens is 134 g/mol. The van der Waals surface area contributed by atoms with Crippen molar-refractivity contribution in [1.82, 2.24) is 5.32 Å². The van der Waals surface area contributed by atoms with Crippen LogP contribution in [0.3, 0.4) is 0 Å². The number of rotatable bonds is 3. The third-order valence-electron chi connectivity index (χ3n) is 1.16. The summed E-state index contributed by atoms with van der Waals surface area (Å²) >= 11 is 0. The number of hydrogen-bond donors (Lipinski definition) is 3. The molecule has 0 amide bonds. The molecule has 60 valence electrons. The SMILES string of the molecule is [2H]CN[C@H](C(=O)O)C(C)(C)O. The fourth-order valence-corrected chi connectivity index (χ4v) is 0.639. The highest BCUT2D eigenvalue weighted by Crippen LogP contribution is 2.07. The molecule has 0 saturated carbocycles. The van der Waals surface area contributed by atoms with E-state index in [2.05, 4.69) is 5.32 Å². The van der Waals surface area contributed by atoms with Gasteiger partial charge in [-0.25, -0.2) is 0 Å². The summed E-state index contributed by atoms with van der Waals surface area (Å²) in [4.78, 5) is 10.4. The van der Waals surface area contributed by atoms with Crippen molar-refractivity contribution in [2.75, 3.05) is 7.02 Å². The van der Waals surface area contributed by atoms with Crippen molar-refractivity contribution >= 4 is 5.97 Å². The number of aliphatic hydroxyl groups is 1. The Labute approximate surface area is 61.3 Å². The van der Waals surface area contributed by atoms with E-state index < -0.39 is 17.6 Å². The summed E-state index contributed by atoms with van der Waals surface area (Å²) in [6.07, 6.45) is 0. The van der Waals surface area contributed by atoms with Gasteiger partial charge in [0.25, 0.3) is 0 Å². The highest BCUT2D eigenvalue weighted by atomic mass is 16.4. The number of carboxylic acid groups (broad SMARTS) is 1. The predicted molar refractivity (Wildman–Crippen MR) is 36.8 cm³/mol. The van der Waals surface area contributed by atoms with Crippen LogP contribution >= 0.6 is 0 Å². The van der Waals surface area contributed by atoms with Crippen LogP contribution in [-0.2, 0) is 4.79 Å². The molecule has 0 heterocycles. The van der Waals surface area contributed by atoms with Gasteiger partial charge in [-0.3, -0.25) is 4.79 Å². The molecule has 0 fully saturated rings. The minimum atomic E-state index is -1.34. The van der Waals surface area contributed by atoms with Crippen LogP contribution in [0.4, 0.5) is 0 Å². The molecule has 4 nitrogen and oxygen atoms in total. The molecule has 0 rings (SSSR count). The van der Waals surface area contributed by atoms with Gasteiger partial charge < -0.3 is 15.5 Å². The van der Waals surface area contributed by atoms with Crippen molar-refractivity contribution in [3.05, 3.63) is 0 Å². The second-order valence-corrected chi connectivity index (χ2v) is 2.63. The zero-order valence-corrected chi connectivity index (χ0v) is 6.09. The van der Waals surface area contributed by atoms with Crippen LogP contribution < -0.4 is 5.32 Å². The Morgan fingerprint density at radius 1 is 1.80 bits per heavy atom. The Balaban J connectivity index is 4.22. The first kappa shape index (κ1) is 7.50. The summed E-state index contributed by atoms with van der Waals surface area (Å²) in [6, 6.07) is -1.08. The smallest absolute Gasteiger partial charge is 0.323 e. The molecule has 0 aliphatic carbocycles. The van der Waals surface area contributed by atoms with Crippen molar-refractivity contribution < 1.29 is 16.4 Å². The van der Waals surface area contributed by atoms with Gasteiger partial charge >= 0.3 is 5.97 Å².